The van der Waals surface area contributed by atoms with Gasteiger partial charge in [0.15, 0.2) is 0 Å². The molecule has 1 saturated heterocycles. The van der Waals surface area contributed by atoms with Crippen molar-refractivity contribution in [3.8, 4) is 0 Å². The summed E-state index contributed by atoms with van der Waals surface area (Å²) in [4.78, 5) is 30.4. The van der Waals surface area contributed by atoms with E-state index < -0.39 is 4.92 Å². The number of piperazine rings is 1. The molecule has 1 aliphatic rings. The second kappa shape index (κ2) is 6.69. The van der Waals surface area contributed by atoms with E-state index in [1.54, 1.807) is 16.2 Å². The highest BCUT2D eigenvalue weighted by atomic mass is 35.5. The van der Waals surface area contributed by atoms with Gasteiger partial charge in [-0.15, -0.1) is 11.3 Å². The Morgan fingerprint density at radius 2 is 2.09 bits per heavy atom. The smallest absolute Gasteiger partial charge is 0.287 e. The van der Waals surface area contributed by atoms with Gasteiger partial charge in [0.25, 0.3) is 11.6 Å². The molecule has 0 bridgehead atoms. The Hall–Kier alpha value is -1.90. The van der Waals surface area contributed by atoms with Crippen molar-refractivity contribution >= 4 is 34.5 Å². The van der Waals surface area contributed by atoms with E-state index in [9.17, 15) is 14.9 Å². The minimum absolute atomic E-state index is 0.0958. The number of amides is 1. The molecule has 2 aromatic heterocycles. The highest BCUT2D eigenvalue weighted by molar-refractivity contribution is 7.16. The number of halogens is 1. The van der Waals surface area contributed by atoms with Crippen LogP contribution < -0.4 is 0 Å². The molecule has 1 aliphatic heterocycles. The zero-order chi connectivity index (χ0) is 16.4. The van der Waals surface area contributed by atoms with Crippen LogP contribution in [0.3, 0.4) is 0 Å². The van der Waals surface area contributed by atoms with Crippen LogP contribution in [0.1, 0.15) is 15.4 Å². The van der Waals surface area contributed by atoms with Gasteiger partial charge in [-0.2, -0.15) is 0 Å². The number of hydrogen-bond donors (Lipinski definition) is 1. The predicted octanol–water partition coefficient (Wildman–Crippen LogP) is 2.60. The van der Waals surface area contributed by atoms with E-state index in [2.05, 4.69) is 9.88 Å². The number of carbonyl (C=O) groups excluding carboxylic acids is 1. The van der Waals surface area contributed by atoms with Crippen molar-refractivity contribution in [2.45, 2.75) is 6.54 Å². The minimum atomic E-state index is -0.516. The van der Waals surface area contributed by atoms with Gasteiger partial charge in [-0.1, -0.05) is 11.6 Å². The van der Waals surface area contributed by atoms with E-state index in [1.807, 2.05) is 12.1 Å². The summed E-state index contributed by atoms with van der Waals surface area (Å²) in [7, 11) is 0. The Morgan fingerprint density at radius 1 is 1.35 bits per heavy atom. The van der Waals surface area contributed by atoms with Crippen molar-refractivity contribution in [2.75, 3.05) is 26.2 Å². The Labute approximate surface area is 141 Å². The summed E-state index contributed by atoms with van der Waals surface area (Å²) >= 11 is 7.50. The number of nitrogens with one attached hydrogen (secondary N) is 1. The van der Waals surface area contributed by atoms with Gasteiger partial charge in [0.1, 0.15) is 5.69 Å². The highest BCUT2D eigenvalue weighted by Crippen LogP contribution is 2.23. The number of thiophene rings is 1. The predicted molar refractivity (Wildman–Crippen MR) is 88.0 cm³/mol. The quantitative estimate of drug-likeness (QED) is 0.675. The molecule has 0 unspecified atom stereocenters. The number of aromatic amines is 1. The standard InChI is InChI=1S/C14H15ClN4O3S/c15-13-2-1-11(23-13)9-17-3-5-18(6-4-17)14(20)12-7-10(8-16-12)19(21)22/h1-2,7-8,16H,3-6,9H2. The first-order chi connectivity index (χ1) is 11.0. The van der Waals surface area contributed by atoms with Crippen LogP contribution in [0, 0.1) is 10.1 Å². The Balaban J connectivity index is 1.55. The normalized spacial score (nSPS) is 15.8. The third-order valence-electron chi connectivity index (χ3n) is 3.78. The van der Waals surface area contributed by atoms with E-state index >= 15 is 0 Å². The monoisotopic (exact) mass is 354 g/mol. The lowest BCUT2D eigenvalue weighted by Gasteiger charge is -2.34. The molecule has 2 aromatic rings. The number of H-pyrrole nitrogens is 1. The minimum Gasteiger partial charge on any atom is -0.351 e. The molecular weight excluding hydrogens is 340 g/mol. The summed E-state index contributed by atoms with van der Waals surface area (Å²) in [6, 6.07) is 5.18. The molecule has 0 atom stereocenters. The van der Waals surface area contributed by atoms with Gasteiger partial charge in [0.05, 0.1) is 15.5 Å². The van der Waals surface area contributed by atoms with Crippen LogP contribution in [0.5, 0.6) is 0 Å². The summed E-state index contributed by atoms with van der Waals surface area (Å²) in [6.07, 6.45) is 1.24. The maximum Gasteiger partial charge on any atom is 0.287 e. The molecule has 0 spiro atoms. The fourth-order valence-corrected chi connectivity index (χ4v) is 3.68. The molecule has 0 aromatic carbocycles. The average Bonchev–Trinajstić information content (AvgIpc) is 3.17. The van der Waals surface area contributed by atoms with E-state index in [4.69, 9.17) is 11.6 Å². The van der Waals surface area contributed by atoms with Crippen molar-refractivity contribution in [2.24, 2.45) is 0 Å². The highest BCUT2D eigenvalue weighted by Gasteiger charge is 2.24. The first kappa shape index (κ1) is 16.0. The lowest BCUT2D eigenvalue weighted by Crippen LogP contribution is -2.48. The fourth-order valence-electron chi connectivity index (χ4n) is 2.55. The maximum atomic E-state index is 12.3. The van der Waals surface area contributed by atoms with Crippen LogP contribution in [0.2, 0.25) is 4.34 Å². The van der Waals surface area contributed by atoms with Crippen molar-refractivity contribution < 1.29 is 9.72 Å². The van der Waals surface area contributed by atoms with Crippen LogP contribution in [0.4, 0.5) is 5.69 Å². The SMILES string of the molecule is O=C(c1cc([N+](=O)[O-])c[nH]1)N1CCN(Cc2ccc(Cl)s2)CC1. The van der Waals surface area contributed by atoms with Gasteiger partial charge in [0.2, 0.25) is 0 Å². The van der Waals surface area contributed by atoms with Crippen molar-refractivity contribution in [3.05, 3.63) is 49.4 Å². The number of carbonyl (C=O) groups is 1. The third kappa shape index (κ3) is 3.72. The average molecular weight is 355 g/mol. The molecule has 122 valence electrons. The van der Waals surface area contributed by atoms with E-state index in [-0.39, 0.29) is 17.3 Å². The van der Waals surface area contributed by atoms with Crippen LogP contribution in [0.25, 0.3) is 0 Å². The summed E-state index contributed by atoms with van der Waals surface area (Å²) in [5.41, 5.74) is 0.164. The molecule has 1 fully saturated rings. The van der Waals surface area contributed by atoms with Gasteiger partial charge in [0, 0.05) is 43.7 Å². The van der Waals surface area contributed by atoms with Gasteiger partial charge in [-0.25, -0.2) is 0 Å². The largest absolute Gasteiger partial charge is 0.351 e. The second-order valence-electron chi connectivity index (χ2n) is 5.30. The van der Waals surface area contributed by atoms with Crippen LogP contribution in [0.15, 0.2) is 24.4 Å². The van der Waals surface area contributed by atoms with Gasteiger partial charge in [-0.3, -0.25) is 19.8 Å². The van der Waals surface area contributed by atoms with Crippen molar-refractivity contribution in [1.29, 1.82) is 0 Å². The first-order valence-electron chi connectivity index (χ1n) is 7.11. The molecule has 0 saturated carbocycles. The van der Waals surface area contributed by atoms with Crippen LogP contribution >= 0.6 is 22.9 Å². The van der Waals surface area contributed by atoms with Gasteiger partial charge < -0.3 is 9.88 Å². The summed E-state index contributed by atoms with van der Waals surface area (Å²) in [5, 5.41) is 10.7. The molecule has 1 amide bonds. The second-order valence-corrected chi connectivity index (χ2v) is 7.10. The molecule has 0 radical (unpaired) electrons. The number of aromatic nitrogens is 1. The maximum absolute atomic E-state index is 12.3. The molecule has 3 rings (SSSR count). The molecular formula is C14H15ClN4O3S. The van der Waals surface area contributed by atoms with E-state index in [1.165, 1.54) is 17.1 Å². The lowest BCUT2D eigenvalue weighted by molar-refractivity contribution is -0.384. The number of nitro groups is 1. The van der Waals surface area contributed by atoms with E-state index in [0.29, 0.717) is 13.1 Å². The first-order valence-corrected chi connectivity index (χ1v) is 8.31. The molecule has 1 N–H and O–H groups in total. The number of nitrogens with zero attached hydrogens (tertiary/aromatic N) is 3. The Kier molecular flexibility index (Phi) is 4.65. The zero-order valence-corrected chi connectivity index (χ0v) is 13.8. The van der Waals surface area contributed by atoms with Crippen LogP contribution in [-0.2, 0) is 6.54 Å². The molecule has 3 heterocycles. The Bertz CT molecular complexity index is 721. The molecule has 9 heteroatoms. The summed E-state index contributed by atoms with van der Waals surface area (Å²) < 4.78 is 0.780. The number of rotatable bonds is 4. The van der Waals surface area contributed by atoms with Gasteiger partial charge >= 0.3 is 0 Å². The van der Waals surface area contributed by atoms with Gasteiger partial charge in [-0.05, 0) is 12.1 Å². The molecule has 0 aliphatic carbocycles. The lowest BCUT2D eigenvalue weighted by atomic mass is 10.2. The topological polar surface area (TPSA) is 82.5 Å². The van der Waals surface area contributed by atoms with E-state index in [0.717, 1.165) is 24.0 Å². The third-order valence-corrected chi connectivity index (χ3v) is 4.99. The summed E-state index contributed by atoms with van der Waals surface area (Å²) in [5.74, 6) is -0.197. The fraction of sp³-hybridized carbons (Fsp3) is 0.357. The van der Waals surface area contributed by atoms with Crippen LogP contribution in [-0.4, -0.2) is 51.8 Å². The summed E-state index contributed by atoms with van der Waals surface area (Å²) in [6.45, 7) is 3.57. The molecule has 7 nitrogen and oxygen atoms in total. The van der Waals surface area contributed by atoms with Crippen molar-refractivity contribution in [3.63, 3.8) is 0 Å². The Morgan fingerprint density at radius 3 is 2.65 bits per heavy atom. The zero-order valence-electron chi connectivity index (χ0n) is 12.2. The van der Waals surface area contributed by atoms with Crippen molar-refractivity contribution in [1.82, 2.24) is 14.8 Å². The number of hydrogen-bond acceptors (Lipinski definition) is 5. The molecule has 23 heavy (non-hydrogen) atoms.